The Kier molecular flexibility index (Phi) is 5.18. The fourth-order valence-electron chi connectivity index (χ4n) is 3.51. The first-order valence-corrected chi connectivity index (χ1v) is 8.81. The van der Waals surface area contributed by atoms with E-state index in [0.29, 0.717) is 0 Å². The van der Waals surface area contributed by atoms with Crippen molar-refractivity contribution in [1.82, 2.24) is 10.6 Å². The minimum atomic E-state index is -0.463. The zero-order valence-corrected chi connectivity index (χ0v) is 15.0. The van der Waals surface area contributed by atoms with Crippen molar-refractivity contribution >= 4 is 17.0 Å². The van der Waals surface area contributed by atoms with E-state index in [9.17, 15) is 9.90 Å². The Morgan fingerprint density at radius 2 is 2.12 bits per heavy atom. The van der Waals surface area contributed by atoms with E-state index in [1.54, 1.807) is 7.11 Å². The summed E-state index contributed by atoms with van der Waals surface area (Å²) in [6.45, 7) is 3.86. The number of aliphatic hydroxyl groups excluding tert-OH is 1. The number of amides is 2. The molecule has 1 aliphatic rings. The molecule has 2 amide bonds. The molecule has 1 fully saturated rings. The Morgan fingerprint density at radius 1 is 1.36 bits per heavy atom. The first kappa shape index (κ1) is 17.6. The maximum absolute atomic E-state index is 12.3. The molecule has 25 heavy (non-hydrogen) atoms. The fraction of sp³-hybridized carbons (Fsp3) is 0.526. The Hall–Kier alpha value is -2.21. The Balaban J connectivity index is 1.70. The topological polar surface area (TPSA) is 83.7 Å². The summed E-state index contributed by atoms with van der Waals surface area (Å²) in [7, 11) is 1.63. The number of ether oxygens (including phenoxy) is 1. The average molecular weight is 346 g/mol. The number of furan rings is 1. The Morgan fingerprint density at radius 3 is 2.84 bits per heavy atom. The quantitative estimate of drug-likeness (QED) is 0.792. The van der Waals surface area contributed by atoms with E-state index >= 15 is 0 Å². The molecule has 6 nitrogen and oxygen atoms in total. The molecule has 3 N–H and O–H groups in total. The van der Waals surface area contributed by atoms with Crippen molar-refractivity contribution in [2.75, 3.05) is 7.11 Å². The lowest BCUT2D eigenvalue weighted by Crippen LogP contribution is -2.49. The van der Waals surface area contributed by atoms with Gasteiger partial charge in [-0.25, -0.2) is 4.79 Å². The highest BCUT2D eigenvalue weighted by Gasteiger charge is 2.26. The highest BCUT2D eigenvalue weighted by Crippen LogP contribution is 2.31. The number of aliphatic hydroxyl groups is 1. The molecule has 1 saturated carbocycles. The summed E-state index contributed by atoms with van der Waals surface area (Å²) < 4.78 is 11.2. The van der Waals surface area contributed by atoms with Crippen LogP contribution in [-0.4, -0.2) is 30.4 Å². The summed E-state index contributed by atoms with van der Waals surface area (Å²) in [6.07, 6.45) is 3.13. The summed E-state index contributed by atoms with van der Waals surface area (Å²) in [5.41, 5.74) is 1.75. The predicted molar refractivity (Wildman–Crippen MR) is 95.8 cm³/mol. The lowest BCUT2D eigenvalue weighted by Gasteiger charge is -2.28. The van der Waals surface area contributed by atoms with Crippen LogP contribution in [0.4, 0.5) is 4.79 Å². The normalized spacial score (nSPS) is 21.8. The maximum Gasteiger partial charge on any atom is 0.315 e. The van der Waals surface area contributed by atoms with Gasteiger partial charge in [0.25, 0.3) is 0 Å². The van der Waals surface area contributed by atoms with Gasteiger partial charge in [-0.05, 0) is 44.9 Å². The zero-order valence-electron chi connectivity index (χ0n) is 15.0. The van der Waals surface area contributed by atoms with E-state index in [0.717, 1.165) is 53.7 Å². The van der Waals surface area contributed by atoms with E-state index in [1.807, 2.05) is 32.0 Å². The van der Waals surface area contributed by atoms with Gasteiger partial charge in [0.1, 0.15) is 17.1 Å². The molecular formula is C19H26N2O4. The number of urea groups is 1. The molecule has 1 aliphatic carbocycles. The molecule has 0 spiro atoms. The zero-order chi connectivity index (χ0) is 18.0. The van der Waals surface area contributed by atoms with Gasteiger partial charge in [0.15, 0.2) is 0 Å². The number of nitrogens with one attached hydrogen (secondary N) is 2. The number of methoxy groups -OCH3 is 1. The van der Waals surface area contributed by atoms with Crippen LogP contribution in [0.5, 0.6) is 5.75 Å². The monoisotopic (exact) mass is 346 g/mol. The van der Waals surface area contributed by atoms with Crippen LogP contribution in [0, 0.1) is 6.92 Å². The van der Waals surface area contributed by atoms with Gasteiger partial charge in [-0.2, -0.15) is 0 Å². The molecular weight excluding hydrogens is 320 g/mol. The number of aryl methyl sites for hydroxylation is 1. The van der Waals surface area contributed by atoms with Crippen molar-refractivity contribution in [2.24, 2.45) is 0 Å². The van der Waals surface area contributed by atoms with Gasteiger partial charge in [0.05, 0.1) is 25.3 Å². The number of carbonyl (C=O) groups is 1. The summed E-state index contributed by atoms with van der Waals surface area (Å²) in [5.74, 6) is 1.50. The third kappa shape index (κ3) is 3.74. The molecule has 1 aromatic heterocycles. The van der Waals surface area contributed by atoms with Gasteiger partial charge in [0.2, 0.25) is 0 Å². The van der Waals surface area contributed by atoms with Gasteiger partial charge >= 0.3 is 6.03 Å². The molecule has 3 unspecified atom stereocenters. The summed E-state index contributed by atoms with van der Waals surface area (Å²) in [6, 6.07) is 4.92. The minimum Gasteiger partial charge on any atom is -0.497 e. The number of benzene rings is 1. The van der Waals surface area contributed by atoms with E-state index in [4.69, 9.17) is 9.15 Å². The first-order chi connectivity index (χ1) is 12.0. The third-order valence-electron chi connectivity index (χ3n) is 4.97. The molecule has 136 valence electrons. The van der Waals surface area contributed by atoms with Crippen molar-refractivity contribution in [2.45, 2.75) is 57.7 Å². The second-order valence-corrected chi connectivity index (χ2v) is 6.75. The van der Waals surface area contributed by atoms with Crippen molar-refractivity contribution in [3.05, 3.63) is 29.5 Å². The van der Waals surface area contributed by atoms with Crippen molar-refractivity contribution in [3.63, 3.8) is 0 Å². The highest BCUT2D eigenvalue weighted by atomic mass is 16.5. The van der Waals surface area contributed by atoms with Gasteiger partial charge < -0.3 is 24.9 Å². The van der Waals surface area contributed by atoms with Crippen molar-refractivity contribution in [3.8, 4) is 5.75 Å². The summed E-state index contributed by atoms with van der Waals surface area (Å²) >= 11 is 0. The predicted octanol–water partition coefficient (Wildman–Crippen LogP) is 3.41. The smallest absolute Gasteiger partial charge is 0.315 e. The van der Waals surface area contributed by atoms with Crippen LogP contribution < -0.4 is 15.4 Å². The molecule has 1 heterocycles. The molecule has 0 aliphatic heterocycles. The molecule has 0 bridgehead atoms. The van der Waals surface area contributed by atoms with Crippen LogP contribution in [0.15, 0.2) is 22.6 Å². The van der Waals surface area contributed by atoms with Gasteiger partial charge in [-0.3, -0.25) is 0 Å². The minimum absolute atomic E-state index is 0.179. The van der Waals surface area contributed by atoms with E-state index in [2.05, 4.69) is 10.6 Å². The number of carbonyl (C=O) groups excluding carboxylic acids is 1. The number of hydrogen-bond acceptors (Lipinski definition) is 4. The number of rotatable bonds is 4. The second kappa shape index (κ2) is 7.35. The van der Waals surface area contributed by atoms with E-state index in [-0.39, 0.29) is 18.1 Å². The largest absolute Gasteiger partial charge is 0.497 e. The van der Waals surface area contributed by atoms with Crippen molar-refractivity contribution in [1.29, 1.82) is 0 Å². The molecule has 6 heteroatoms. The van der Waals surface area contributed by atoms with Crippen LogP contribution in [0.25, 0.3) is 11.0 Å². The van der Waals surface area contributed by atoms with Gasteiger partial charge in [-0.1, -0.05) is 12.8 Å². The fourth-order valence-corrected chi connectivity index (χ4v) is 3.51. The molecule has 2 aromatic rings. The molecule has 0 saturated heterocycles. The Bertz CT molecular complexity index is 755. The van der Waals surface area contributed by atoms with E-state index in [1.165, 1.54) is 0 Å². The lowest BCUT2D eigenvalue weighted by atomic mass is 9.93. The summed E-state index contributed by atoms with van der Waals surface area (Å²) in [5, 5.41) is 16.8. The molecule has 3 atom stereocenters. The highest BCUT2D eigenvalue weighted by molar-refractivity contribution is 5.84. The molecule has 3 rings (SSSR count). The van der Waals surface area contributed by atoms with Crippen LogP contribution >= 0.6 is 0 Å². The van der Waals surface area contributed by atoms with Crippen LogP contribution in [-0.2, 0) is 0 Å². The number of hydrogen-bond donors (Lipinski definition) is 3. The van der Waals surface area contributed by atoms with Gasteiger partial charge in [-0.15, -0.1) is 0 Å². The number of fused-ring (bicyclic) bond motifs is 1. The van der Waals surface area contributed by atoms with Crippen LogP contribution in [0.2, 0.25) is 0 Å². The second-order valence-electron chi connectivity index (χ2n) is 6.75. The first-order valence-electron chi connectivity index (χ1n) is 8.81. The molecule has 1 aromatic carbocycles. The lowest BCUT2D eigenvalue weighted by molar-refractivity contribution is 0.0940. The summed E-state index contributed by atoms with van der Waals surface area (Å²) in [4.78, 5) is 12.3. The molecule has 0 radical (unpaired) electrons. The Labute approximate surface area is 147 Å². The average Bonchev–Trinajstić information content (AvgIpc) is 2.93. The maximum atomic E-state index is 12.3. The SMILES string of the molecule is COc1ccc2oc(C(C)NC(=O)NC3CCCCC3O)c(C)c2c1. The van der Waals surface area contributed by atoms with Crippen LogP contribution in [0.1, 0.15) is 50.0 Å². The third-order valence-corrected chi connectivity index (χ3v) is 4.97. The van der Waals surface area contributed by atoms with Gasteiger partial charge in [0, 0.05) is 10.9 Å². The van der Waals surface area contributed by atoms with E-state index < -0.39 is 6.10 Å². The van der Waals surface area contributed by atoms with Crippen molar-refractivity contribution < 1.29 is 19.1 Å². The standard InChI is InChI=1S/C19H26N2O4/c1-11-14-10-13(24-3)8-9-17(14)25-18(11)12(2)20-19(23)21-15-6-4-5-7-16(15)22/h8-10,12,15-16,22H,4-7H2,1-3H3,(H2,20,21,23). The van der Waals surface area contributed by atoms with Crippen LogP contribution in [0.3, 0.4) is 0 Å².